The minimum Gasteiger partial charge on any atom is -0.356 e. The molecule has 0 unspecified atom stereocenters. The Balaban J connectivity index is 2.10. The summed E-state index contributed by atoms with van der Waals surface area (Å²) in [6.07, 6.45) is 6.41. The molecule has 1 rings (SSSR count). The average Bonchev–Trinajstić information content (AvgIpc) is 2.93. The highest BCUT2D eigenvalue weighted by atomic mass is 35.5. The van der Waals surface area contributed by atoms with E-state index >= 15 is 0 Å². The molecule has 1 saturated carbocycles. The minimum absolute atomic E-state index is 0.160. The summed E-state index contributed by atoms with van der Waals surface area (Å²) >= 11 is 5.52. The van der Waals surface area contributed by atoms with Gasteiger partial charge in [0.2, 0.25) is 5.91 Å². The van der Waals surface area contributed by atoms with E-state index in [1.54, 1.807) is 0 Å². The van der Waals surface area contributed by atoms with Gasteiger partial charge >= 0.3 is 0 Å². The Morgan fingerprint density at radius 1 is 1.50 bits per heavy atom. The van der Waals surface area contributed by atoms with E-state index in [2.05, 4.69) is 12.2 Å². The van der Waals surface area contributed by atoms with Gasteiger partial charge < -0.3 is 5.32 Å². The molecule has 0 radical (unpaired) electrons. The molecule has 0 atom stereocenters. The van der Waals surface area contributed by atoms with Crippen LogP contribution in [-0.4, -0.2) is 18.3 Å². The van der Waals surface area contributed by atoms with Crippen LogP contribution in [0.15, 0.2) is 0 Å². The molecule has 0 spiro atoms. The summed E-state index contributed by atoms with van der Waals surface area (Å²) in [5.41, 5.74) is 0.464. The molecule has 0 aliphatic heterocycles. The van der Waals surface area contributed by atoms with Gasteiger partial charge in [0.05, 0.1) is 0 Å². The van der Waals surface area contributed by atoms with Crippen LogP contribution in [0.5, 0.6) is 0 Å². The quantitative estimate of drug-likeness (QED) is 0.653. The number of carbonyl (C=O) groups is 1. The molecule has 1 aliphatic rings. The molecular weight excluding hydrogens is 198 g/mol. The van der Waals surface area contributed by atoms with Crippen LogP contribution in [0.1, 0.15) is 45.4 Å². The second-order valence-corrected chi connectivity index (χ2v) is 4.70. The summed E-state index contributed by atoms with van der Waals surface area (Å²) in [7, 11) is 0. The van der Waals surface area contributed by atoms with Crippen LogP contribution in [0, 0.1) is 5.41 Å². The Bertz CT molecular complexity index is 190. The SMILES string of the molecule is CCCC1(CNC(=O)CCCCl)CC1. The third-order valence-corrected chi connectivity index (χ3v) is 3.20. The zero-order chi connectivity index (χ0) is 10.4. The van der Waals surface area contributed by atoms with Gasteiger partial charge in [-0.2, -0.15) is 0 Å². The number of rotatable bonds is 7. The Kier molecular flexibility index (Phi) is 4.73. The standard InChI is InChI=1S/C11H20ClNO/c1-2-5-11(6-7-11)9-13-10(14)4-3-8-12/h2-9H2,1H3,(H,13,14). The van der Waals surface area contributed by atoms with Gasteiger partial charge in [-0.15, -0.1) is 11.6 Å². The van der Waals surface area contributed by atoms with Crippen molar-refractivity contribution in [2.24, 2.45) is 5.41 Å². The van der Waals surface area contributed by atoms with E-state index in [0.717, 1.165) is 13.0 Å². The lowest BCUT2D eigenvalue weighted by atomic mass is 10.0. The van der Waals surface area contributed by atoms with Crippen molar-refractivity contribution in [2.45, 2.75) is 45.4 Å². The lowest BCUT2D eigenvalue weighted by Gasteiger charge is -2.14. The molecule has 14 heavy (non-hydrogen) atoms. The highest BCUT2D eigenvalue weighted by Crippen LogP contribution is 2.48. The van der Waals surface area contributed by atoms with Crippen LogP contribution in [0.25, 0.3) is 0 Å². The van der Waals surface area contributed by atoms with Gasteiger partial charge in [0.15, 0.2) is 0 Å². The van der Waals surface area contributed by atoms with Crippen LogP contribution >= 0.6 is 11.6 Å². The first-order chi connectivity index (χ1) is 6.72. The fourth-order valence-corrected chi connectivity index (χ4v) is 1.96. The molecule has 0 aromatic rings. The second kappa shape index (κ2) is 5.59. The summed E-state index contributed by atoms with van der Waals surface area (Å²) in [4.78, 5) is 11.3. The number of hydrogen-bond donors (Lipinski definition) is 1. The number of halogens is 1. The summed E-state index contributed by atoms with van der Waals surface area (Å²) in [5.74, 6) is 0.737. The summed E-state index contributed by atoms with van der Waals surface area (Å²) < 4.78 is 0. The molecular formula is C11H20ClNO. The lowest BCUT2D eigenvalue weighted by Crippen LogP contribution is -2.30. The number of alkyl halides is 1. The molecule has 0 aromatic heterocycles. The fraction of sp³-hybridized carbons (Fsp3) is 0.909. The monoisotopic (exact) mass is 217 g/mol. The Hall–Kier alpha value is -0.240. The third kappa shape index (κ3) is 3.87. The normalized spacial score (nSPS) is 17.9. The number of amides is 1. The summed E-state index contributed by atoms with van der Waals surface area (Å²) in [6, 6.07) is 0. The second-order valence-electron chi connectivity index (χ2n) is 4.32. The molecule has 0 saturated heterocycles. The highest BCUT2D eigenvalue weighted by Gasteiger charge is 2.41. The van der Waals surface area contributed by atoms with Crippen molar-refractivity contribution in [1.29, 1.82) is 0 Å². The van der Waals surface area contributed by atoms with E-state index in [1.165, 1.54) is 25.7 Å². The topological polar surface area (TPSA) is 29.1 Å². The zero-order valence-electron chi connectivity index (χ0n) is 8.94. The fourth-order valence-electron chi connectivity index (χ4n) is 1.82. The van der Waals surface area contributed by atoms with Crippen LogP contribution in [0.3, 0.4) is 0 Å². The van der Waals surface area contributed by atoms with Gasteiger partial charge in [-0.25, -0.2) is 0 Å². The van der Waals surface area contributed by atoms with E-state index in [0.29, 0.717) is 17.7 Å². The number of nitrogens with one attached hydrogen (secondary N) is 1. The van der Waals surface area contributed by atoms with Crippen LogP contribution in [-0.2, 0) is 4.79 Å². The third-order valence-electron chi connectivity index (χ3n) is 2.94. The maximum absolute atomic E-state index is 11.3. The molecule has 1 amide bonds. The first-order valence-electron chi connectivity index (χ1n) is 5.55. The van der Waals surface area contributed by atoms with Crippen molar-refractivity contribution >= 4 is 17.5 Å². The Morgan fingerprint density at radius 3 is 2.71 bits per heavy atom. The van der Waals surface area contributed by atoms with Crippen molar-refractivity contribution in [3.05, 3.63) is 0 Å². The van der Waals surface area contributed by atoms with Crippen LogP contribution in [0.2, 0.25) is 0 Å². The largest absolute Gasteiger partial charge is 0.356 e. The molecule has 0 bridgehead atoms. The van der Waals surface area contributed by atoms with E-state index in [9.17, 15) is 4.79 Å². The molecule has 3 heteroatoms. The highest BCUT2D eigenvalue weighted by molar-refractivity contribution is 6.17. The van der Waals surface area contributed by atoms with Crippen LogP contribution < -0.4 is 5.32 Å². The van der Waals surface area contributed by atoms with E-state index < -0.39 is 0 Å². The zero-order valence-corrected chi connectivity index (χ0v) is 9.70. The maximum atomic E-state index is 11.3. The summed E-state index contributed by atoms with van der Waals surface area (Å²) in [5, 5.41) is 3.01. The van der Waals surface area contributed by atoms with Crippen molar-refractivity contribution in [1.82, 2.24) is 5.32 Å². The average molecular weight is 218 g/mol. The predicted molar refractivity (Wildman–Crippen MR) is 59.5 cm³/mol. The molecule has 2 nitrogen and oxygen atoms in total. The number of hydrogen-bond acceptors (Lipinski definition) is 1. The van der Waals surface area contributed by atoms with Gasteiger partial charge in [-0.1, -0.05) is 13.3 Å². The van der Waals surface area contributed by atoms with Crippen molar-refractivity contribution in [3.8, 4) is 0 Å². The molecule has 1 N–H and O–H groups in total. The summed E-state index contributed by atoms with van der Waals surface area (Å²) in [6.45, 7) is 3.08. The van der Waals surface area contributed by atoms with Gasteiger partial charge in [-0.05, 0) is 31.1 Å². The van der Waals surface area contributed by atoms with Gasteiger partial charge in [-0.3, -0.25) is 4.79 Å². The van der Waals surface area contributed by atoms with Gasteiger partial charge in [0, 0.05) is 18.8 Å². The number of carbonyl (C=O) groups excluding carboxylic acids is 1. The Labute approximate surface area is 91.4 Å². The van der Waals surface area contributed by atoms with E-state index in [-0.39, 0.29) is 5.91 Å². The van der Waals surface area contributed by atoms with Gasteiger partial charge in [0.25, 0.3) is 0 Å². The molecule has 1 fully saturated rings. The molecule has 82 valence electrons. The lowest BCUT2D eigenvalue weighted by molar-refractivity contribution is -0.121. The van der Waals surface area contributed by atoms with Crippen LogP contribution in [0.4, 0.5) is 0 Å². The Morgan fingerprint density at radius 2 is 2.21 bits per heavy atom. The molecule has 0 aromatic carbocycles. The van der Waals surface area contributed by atoms with Crippen molar-refractivity contribution in [3.63, 3.8) is 0 Å². The first kappa shape index (κ1) is 11.8. The van der Waals surface area contributed by atoms with Gasteiger partial charge in [0.1, 0.15) is 0 Å². The molecule has 1 aliphatic carbocycles. The first-order valence-corrected chi connectivity index (χ1v) is 6.08. The maximum Gasteiger partial charge on any atom is 0.220 e. The van der Waals surface area contributed by atoms with Crippen molar-refractivity contribution in [2.75, 3.05) is 12.4 Å². The van der Waals surface area contributed by atoms with E-state index in [1.807, 2.05) is 0 Å². The van der Waals surface area contributed by atoms with E-state index in [4.69, 9.17) is 11.6 Å². The smallest absolute Gasteiger partial charge is 0.220 e. The predicted octanol–water partition coefficient (Wildman–Crippen LogP) is 2.70. The molecule has 0 heterocycles. The minimum atomic E-state index is 0.160. The van der Waals surface area contributed by atoms with Crippen molar-refractivity contribution < 1.29 is 4.79 Å².